The second-order valence-electron chi connectivity index (χ2n) is 5.70. The van der Waals surface area contributed by atoms with Gasteiger partial charge in [0.15, 0.2) is 0 Å². The van der Waals surface area contributed by atoms with Crippen LogP contribution in [0.2, 0.25) is 0 Å². The van der Waals surface area contributed by atoms with E-state index >= 15 is 0 Å². The summed E-state index contributed by atoms with van der Waals surface area (Å²) in [4.78, 5) is 27.6. The number of rotatable bonds is 8. The molecule has 0 bridgehead atoms. The Labute approximate surface area is 126 Å². The molecule has 0 spiro atoms. The van der Waals surface area contributed by atoms with Gasteiger partial charge in [0.2, 0.25) is 5.91 Å². The van der Waals surface area contributed by atoms with E-state index in [1.165, 1.54) is 0 Å². The van der Waals surface area contributed by atoms with E-state index in [4.69, 9.17) is 10.5 Å². The summed E-state index contributed by atoms with van der Waals surface area (Å²) in [5.74, 6) is -0.382. The van der Waals surface area contributed by atoms with Crippen molar-refractivity contribution in [2.24, 2.45) is 22.6 Å². The van der Waals surface area contributed by atoms with Crippen molar-refractivity contribution in [1.29, 1.82) is 0 Å². The van der Waals surface area contributed by atoms with Crippen LogP contribution < -0.4 is 5.73 Å². The molecule has 2 N–H and O–H groups in total. The fraction of sp³-hybridized carbons (Fsp3) is 0.688. The summed E-state index contributed by atoms with van der Waals surface area (Å²) in [5.41, 5.74) is 6.55. The van der Waals surface area contributed by atoms with Crippen molar-refractivity contribution in [2.45, 2.75) is 52.9 Å². The molecule has 0 aromatic heterocycles. The van der Waals surface area contributed by atoms with E-state index in [1.54, 1.807) is 6.21 Å². The van der Waals surface area contributed by atoms with E-state index in [0.29, 0.717) is 24.1 Å². The Morgan fingerprint density at radius 1 is 1.43 bits per heavy atom. The van der Waals surface area contributed by atoms with Gasteiger partial charge in [-0.1, -0.05) is 27.2 Å². The maximum Gasteiger partial charge on any atom is 0.309 e. The standard InChI is InChI=1S/C16H26N2O3/c1-4-6-12(11(2)3)16(20)21-10-8-14-13(15(17)19)7-5-9-18-14/h9,11-12H,4-8,10H2,1-3H3,(H2,17,19). The number of nitrogens with zero attached hydrogens (tertiary/aromatic N) is 1. The fourth-order valence-electron chi connectivity index (χ4n) is 2.48. The van der Waals surface area contributed by atoms with E-state index in [0.717, 1.165) is 19.3 Å². The van der Waals surface area contributed by atoms with Gasteiger partial charge in [0.25, 0.3) is 0 Å². The van der Waals surface area contributed by atoms with Crippen LogP contribution in [0.3, 0.4) is 0 Å². The first-order chi connectivity index (χ1) is 9.97. The second-order valence-corrected chi connectivity index (χ2v) is 5.70. The molecule has 5 nitrogen and oxygen atoms in total. The summed E-state index contributed by atoms with van der Waals surface area (Å²) >= 11 is 0. The molecule has 1 aliphatic rings. The van der Waals surface area contributed by atoms with E-state index in [1.807, 2.05) is 13.8 Å². The Bertz CT molecular complexity index is 439. The van der Waals surface area contributed by atoms with Crippen LogP contribution in [-0.4, -0.2) is 24.7 Å². The van der Waals surface area contributed by atoms with Crippen molar-refractivity contribution >= 4 is 18.1 Å². The number of carbonyl (C=O) groups is 2. The van der Waals surface area contributed by atoms with E-state index < -0.39 is 5.91 Å². The molecule has 0 radical (unpaired) electrons. The van der Waals surface area contributed by atoms with Crippen molar-refractivity contribution in [3.8, 4) is 0 Å². The van der Waals surface area contributed by atoms with Crippen molar-refractivity contribution in [2.75, 3.05) is 6.61 Å². The Kier molecular flexibility index (Phi) is 7.12. The number of carbonyl (C=O) groups excluding carboxylic acids is 2. The predicted octanol–water partition coefficient (Wildman–Crippen LogP) is 2.60. The highest BCUT2D eigenvalue weighted by Crippen LogP contribution is 2.21. The average Bonchev–Trinajstić information content (AvgIpc) is 2.44. The van der Waals surface area contributed by atoms with E-state index in [2.05, 4.69) is 11.9 Å². The van der Waals surface area contributed by atoms with Crippen molar-refractivity contribution in [1.82, 2.24) is 0 Å². The van der Waals surface area contributed by atoms with Gasteiger partial charge in [0.05, 0.1) is 18.2 Å². The van der Waals surface area contributed by atoms with Crippen LogP contribution in [0.15, 0.2) is 16.3 Å². The number of esters is 1. The number of ether oxygens (including phenoxy) is 1. The highest BCUT2D eigenvalue weighted by atomic mass is 16.5. The molecule has 1 rings (SSSR count). The number of hydrogen-bond acceptors (Lipinski definition) is 4. The summed E-state index contributed by atoms with van der Waals surface area (Å²) in [6.45, 7) is 6.36. The molecule has 1 amide bonds. The summed E-state index contributed by atoms with van der Waals surface area (Å²) in [7, 11) is 0. The van der Waals surface area contributed by atoms with Gasteiger partial charge in [-0.2, -0.15) is 0 Å². The lowest BCUT2D eigenvalue weighted by Crippen LogP contribution is -2.23. The van der Waals surface area contributed by atoms with Gasteiger partial charge in [-0.05, 0) is 25.2 Å². The zero-order valence-corrected chi connectivity index (χ0v) is 13.2. The molecule has 1 heterocycles. The quantitative estimate of drug-likeness (QED) is 0.698. The largest absolute Gasteiger partial charge is 0.465 e. The molecule has 0 fully saturated rings. The van der Waals surface area contributed by atoms with Gasteiger partial charge in [0.1, 0.15) is 0 Å². The van der Waals surface area contributed by atoms with Gasteiger partial charge in [-0.25, -0.2) is 0 Å². The molecule has 0 saturated carbocycles. The Morgan fingerprint density at radius 3 is 2.71 bits per heavy atom. The maximum atomic E-state index is 12.1. The SMILES string of the molecule is CCCC(C(=O)OCCC1=C(C(N)=O)CCC=N1)C(C)C. The topological polar surface area (TPSA) is 81.8 Å². The van der Waals surface area contributed by atoms with Crippen LogP contribution in [0.5, 0.6) is 0 Å². The first-order valence-corrected chi connectivity index (χ1v) is 7.68. The number of primary amides is 1. The van der Waals surface area contributed by atoms with Crippen molar-refractivity contribution < 1.29 is 14.3 Å². The van der Waals surface area contributed by atoms with Gasteiger partial charge in [-0.3, -0.25) is 14.6 Å². The third kappa shape index (κ3) is 5.33. The number of hydrogen-bond donors (Lipinski definition) is 1. The van der Waals surface area contributed by atoms with Crippen LogP contribution >= 0.6 is 0 Å². The molecule has 21 heavy (non-hydrogen) atoms. The molecule has 0 aromatic carbocycles. The number of nitrogens with two attached hydrogens (primary N) is 1. The molecular formula is C16H26N2O3. The molecule has 5 heteroatoms. The smallest absolute Gasteiger partial charge is 0.309 e. The highest BCUT2D eigenvalue weighted by Gasteiger charge is 2.23. The molecule has 0 saturated heterocycles. The van der Waals surface area contributed by atoms with Gasteiger partial charge in [-0.15, -0.1) is 0 Å². The minimum absolute atomic E-state index is 0.0607. The Hall–Kier alpha value is -1.65. The fourth-order valence-corrected chi connectivity index (χ4v) is 2.48. The lowest BCUT2D eigenvalue weighted by atomic mass is 9.91. The minimum Gasteiger partial charge on any atom is -0.465 e. The molecule has 0 aliphatic carbocycles. The van der Waals surface area contributed by atoms with Crippen molar-refractivity contribution in [3.63, 3.8) is 0 Å². The van der Waals surface area contributed by atoms with Gasteiger partial charge in [0, 0.05) is 18.2 Å². The Morgan fingerprint density at radius 2 is 2.14 bits per heavy atom. The van der Waals surface area contributed by atoms with Crippen LogP contribution in [0.4, 0.5) is 0 Å². The lowest BCUT2D eigenvalue weighted by Gasteiger charge is -2.19. The third-order valence-corrected chi connectivity index (χ3v) is 3.71. The van der Waals surface area contributed by atoms with Crippen LogP contribution in [0, 0.1) is 11.8 Å². The van der Waals surface area contributed by atoms with Gasteiger partial charge >= 0.3 is 5.97 Å². The predicted molar refractivity (Wildman–Crippen MR) is 82.8 cm³/mol. The summed E-state index contributed by atoms with van der Waals surface area (Å²) in [6.07, 6.45) is 5.36. The first kappa shape index (κ1) is 17.4. The maximum absolute atomic E-state index is 12.1. The minimum atomic E-state index is -0.431. The Balaban J connectivity index is 2.54. The molecular weight excluding hydrogens is 268 g/mol. The van der Waals surface area contributed by atoms with E-state index in [-0.39, 0.29) is 24.4 Å². The van der Waals surface area contributed by atoms with Gasteiger partial charge < -0.3 is 10.5 Å². The zero-order valence-electron chi connectivity index (χ0n) is 13.2. The molecule has 1 atom stereocenters. The molecule has 0 aromatic rings. The monoisotopic (exact) mass is 294 g/mol. The number of aliphatic imine (C=N–C) groups is 1. The zero-order chi connectivity index (χ0) is 15.8. The molecule has 1 unspecified atom stereocenters. The number of amides is 1. The van der Waals surface area contributed by atoms with Crippen LogP contribution in [0.1, 0.15) is 52.9 Å². The van der Waals surface area contributed by atoms with Crippen molar-refractivity contribution in [3.05, 3.63) is 11.3 Å². The summed E-state index contributed by atoms with van der Waals surface area (Å²) in [5, 5.41) is 0. The van der Waals surface area contributed by atoms with Crippen LogP contribution in [-0.2, 0) is 14.3 Å². The highest BCUT2D eigenvalue weighted by molar-refractivity contribution is 5.94. The third-order valence-electron chi connectivity index (χ3n) is 3.71. The summed E-state index contributed by atoms with van der Waals surface area (Å²) in [6, 6.07) is 0. The molecule has 1 aliphatic heterocycles. The lowest BCUT2D eigenvalue weighted by molar-refractivity contribution is -0.150. The van der Waals surface area contributed by atoms with Crippen LogP contribution in [0.25, 0.3) is 0 Å². The first-order valence-electron chi connectivity index (χ1n) is 7.68. The summed E-state index contributed by atoms with van der Waals surface area (Å²) < 4.78 is 5.35. The average molecular weight is 294 g/mol. The molecule has 118 valence electrons. The normalized spacial score (nSPS) is 16.2. The van der Waals surface area contributed by atoms with E-state index in [9.17, 15) is 9.59 Å². The second kappa shape index (κ2) is 8.60.